The molecule has 1 aliphatic heterocycles. The van der Waals surface area contributed by atoms with E-state index in [0.29, 0.717) is 49.1 Å². The summed E-state index contributed by atoms with van der Waals surface area (Å²) in [6, 6.07) is 10.1. The molecule has 7 heteroatoms. The number of nitrogens with zero attached hydrogens (tertiary/aromatic N) is 5. The zero-order chi connectivity index (χ0) is 19.0. The van der Waals surface area contributed by atoms with Gasteiger partial charge in [-0.3, -0.25) is 9.78 Å². The van der Waals surface area contributed by atoms with E-state index in [1.54, 1.807) is 24.9 Å². The second-order valence-electron chi connectivity index (χ2n) is 6.58. The molecule has 4 rings (SSSR count). The molecule has 0 N–H and O–H groups in total. The lowest BCUT2D eigenvalue weighted by Crippen LogP contribution is -2.49. The fraction of sp³-hybridized carbons (Fsp3) is 0.300. The first-order valence-electron chi connectivity index (χ1n) is 8.84. The van der Waals surface area contributed by atoms with Crippen LogP contribution in [-0.4, -0.2) is 47.0 Å². The van der Waals surface area contributed by atoms with Crippen LogP contribution in [0.25, 0.3) is 10.9 Å². The van der Waals surface area contributed by atoms with Gasteiger partial charge >= 0.3 is 0 Å². The molecular weight excluding hydrogens is 342 g/mol. The Morgan fingerprint density at radius 1 is 1.19 bits per heavy atom. The number of aryl methyl sites for hydroxylation is 2. The van der Waals surface area contributed by atoms with Crippen molar-refractivity contribution in [2.45, 2.75) is 13.8 Å². The van der Waals surface area contributed by atoms with Crippen LogP contribution in [0, 0.1) is 25.2 Å². The molecule has 0 unspecified atom stereocenters. The number of carbonyl (C=O) groups excluding carboxylic acids is 1. The van der Waals surface area contributed by atoms with Crippen molar-refractivity contribution >= 4 is 22.5 Å². The van der Waals surface area contributed by atoms with E-state index in [-0.39, 0.29) is 5.91 Å². The molecule has 0 atom stereocenters. The van der Waals surface area contributed by atoms with Gasteiger partial charge in [0.05, 0.1) is 22.5 Å². The average molecular weight is 361 g/mol. The van der Waals surface area contributed by atoms with Crippen molar-refractivity contribution in [3.05, 3.63) is 53.4 Å². The highest BCUT2D eigenvalue weighted by Crippen LogP contribution is 2.30. The number of hydrogen-bond acceptors (Lipinski definition) is 6. The molecule has 1 saturated heterocycles. The summed E-state index contributed by atoms with van der Waals surface area (Å²) in [5.41, 5.74) is 2.92. The summed E-state index contributed by atoms with van der Waals surface area (Å²) < 4.78 is 5.47. The van der Waals surface area contributed by atoms with Gasteiger partial charge in [-0.1, -0.05) is 18.2 Å². The van der Waals surface area contributed by atoms with Gasteiger partial charge in [0.15, 0.2) is 5.89 Å². The Labute approximate surface area is 156 Å². The highest BCUT2D eigenvalue weighted by atomic mass is 16.4. The molecule has 27 heavy (non-hydrogen) atoms. The summed E-state index contributed by atoms with van der Waals surface area (Å²) in [4.78, 5) is 25.2. The largest absolute Gasteiger partial charge is 0.436 e. The molecule has 0 aliphatic carbocycles. The van der Waals surface area contributed by atoms with Crippen molar-refractivity contribution in [1.29, 1.82) is 5.26 Å². The lowest BCUT2D eigenvalue weighted by Gasteiger charge is -2.36. The zero-order valence-electron chi connectivity index (χ0n) is 15.3. The molecule has 1 aliphatic rings. The number of oxazole rings is 1. The highest BCUT2D eigenvalue weighted by Gasteiger charge is 2.28. The van der Waals surface area contributed by atoms with Gasteiger partial charge in [-0.2, -0.15) is 5.26 Å². The van der Waals surface area contributed by atoms with Crippen molar-refractivity contribution in [1.82, 2.24) is 14.9 Å². The van der Waals surface area contributed by atoms with Gasteiger partial charge in [-0.25, -0.2) is 4.98 Å². The fourth-order valence-corrected chi connectivity index (χ4v) is 3.56. The van der Waals surface area contributed by atoms with Gasteiger partial charge in [0.2, 0.25) is 5.76 Å². The molecule has 3 heterocycles. The monoisotopic (exact) mass is 361 g/mol. The summed E-state index contributed by atoms with van der Waals surface area (Å²) in [5.74, 6) is 0.678. The number of pyridine rings is 1. The third-order valence-corrected chi connectivity index (χ3v) is 4.85. The molecule has 0 spiro atoms. The van der Waals surface area contributed by atoms with Crippen LogP contribution in [0.4, 0.5) is 5.69 Å². The van der Waals surface area contributed by atoms with Crippen LogP contribution in [0.3, 0.4) is 0 Å². The average Bonchev–Trinajstić information content (AvgIpc) is 3.04. The second kappa shape index (κ2) is 6.72. The van der Waals surface area contributed by atoms with Crippen LogP contribution in [0.2, 0.25) is 0 Å². The molecule has 3 aromatic rings. The number of anilines is 1. The summed E-state index contributed by atoms with van der Waals surface area (Å²) >= 11 is 0. The summed E-state index contributed by atoms with van der Waals surface area (Å²) in [5, 5.41) is 10.5. The molecule has 1 amide bonds. The van der Waals surface area contributed by atoms with Crippen LogP contribution in [0.5, 0.6) is 0 Å². The number of benzene rings is 1. The lowest BCUT2D eigenvalue weighted by molar-refractivity contribution is 0.0712. The van der Waals surface area contributed by atoms with E-state index in [4.69, 9.17) is 4.42 Å². The van der Waals surface area contributed by atoms with E-state index in [0.717, 1.165) is 16.6 Å². The Hall–Kier alpha value is -3.40. The Bertz CT molecular complexity index is 1060. The lowest BCUT2D eigenvalue weighted by atomic mass is 10.1. The number of fused-ring (bicyclic) bond motifs is 1. The van der Waals surface area contributed by atoms with Crippen LogP contribution < -0.4 is 4.90 Å². The van der Waals surface area contributed by atoms with Gasteiger partial charge in [0.1, 0.15) is 6.07 Å². The van der Waals surface area contributed by atoms with Crippen LogP contribution >= 0.6 is 0 Å². The Kier molecular flexibility index (Phi) is 4.24. The summed E-state index contributed by atoms with van der Waals surface area (Å²) in [6.07, 6.45) is 1.62. The number of hydrogen-bond donors (Lipinski definition) is 0. The first kappa shape index (κ1) is 17.0. The second-order valence-corrected chi connectivity index (χ2v) is 6.58. The van der Waals surface area contributed by atoms with Crippen molar-refractivity contribution < 1.29 is 9.21 Å². The molecule has 0 bridgehead atoms. The number of aromatic nitrogens is 2. The molecule has 136 valence electrons. The number of carbonyl (C=O) groups is 1. The van der Waals surface area contributed by atoms with E-state index in [1.165, 1.54) is 0 Å². The maximum atomic E-state index is 12.7. The first-order valence-corrected chi connectivity index (χ1v) is 8.84. The number of amides is 1. The predicted octanol–water partition coefficient (Wildman–Crippen LogP) is 2.67. The van der Waals surface area contributed by atoms with E-state index >= 15 is 0 Å². The van der Waals surface area contributed by atoms with Crippen molar-refractivity contribution in [3.63, 3.8) is 0 Å². The van der Waals surface area contributed by atoms with E-state index < -0.39 is 0 Å². The SMILES string of the molecule is Cc1nc(C)c(C(=O)N2CCN(c3c(C#N)cnc4ccccc34)CC2)o1. The number of nitriles is 1. The standard InChI is InChI=1S/C20H19N5O2/c1-13-19(27-14(2)23-13)20(26)25-9-7-24(8-10-25)18-15(11-21)12-22-17-6-4-3-5-16(17)18/h3-6,12H,7-10H2,1-2H3. The zero-order valence-corrected chi connectivity index (χ0v) is 15.3. The third kappa shape index (κ3) is 2.99. The number of piperazine rings is 1. The Morgan fingerprint density at radius 2 is 1.93 bits per heavy atom. The summed E-state index contributed by atoms with van der Waals surface area (Å²) in [7, 11) is 0. The van der Waals surface area contributed by atoms with E-state index in [2.05, 4.69) is 20.9 Å². The number of para-hydroxylation sites is 1. The van der Waals surface area contributed by atoms with E-state index in [1.807, 2.05) is 24.3 Å². The van der Waals surface area contributed by atoms with Crippen molar-refractivity contribution in [2.24, 2.45) is 0 Å². The minimum Gasteiger partial charge on any atom is -0.436 e. The minimum atomic E-state index is -0.132. The third-order valence-electron chi connectivity index (χ3n) is 4.85. The predicted molar refractivity (Wildman–Crippen MR) is 101 cm³/mol. The maximum absolute atomic E-state index is 12.7. The molecule has 1 aromatic carbocycles. The summed E-state index contributed by atoms with van der Waals surface area (Å²) in [6.45, 7) is 5.90. The smallest absolute Gasteiger partial charge is 0.291 e. The quantitative estimate of drug-likeness (QED) is 0.697. The van der Waals surface area contributed by atoms with Crippen molar-refractivity contribution in [3.8, 4) is 6.07 Å². The van der Waals surface area contributed by atoms with Gasteiger partial charge in [-0.05, 0) is 13.0 Å². The maximum Gasteiger partial charge on any atom is 0.291 e. The van der Waals surface area contributed by atoms with Crippen LogP contribution in [0.1, 0.15) is 27.7 Å². The molecule has 0 saturated carbocycles. The highest BCUT2D eigenvalue weighted by molar-refractivity contribution is 5.95. The molecule has 1 fully saturated rings. The van der Waals surface area contributed by atoms with Gasteiger partial charge in [0.25, 0.3) is 5.91 Å². The molecular formula is C20H19N5O2. The fourth-order valence-electron chi connectivity index (χ4n) is 3.56. The van der Waals surface area contributed by atoms with Gasteiger partial charge < -0.3 is 14.2 Å². The Balaban J connectivity index is 1.58. The van der Waals surface area contributed by atoms with Gasteiger partial charge in [-0.15, -0.1) is 0 Å². The van der Waals surface area contributed by atoms with Gasteiger partial charge in [0, 0.05) is 44.7 Å². The Morgan fingerprint density at radius 3 is 2.59 bits per heavy atom. The first-order chi connectivity index (χ1) is 13.1. The van der Waals surface area contributed by atoms with E-state index in [9.17, 15) is 10.1 Å². The number of rotatable bonds is 2. The molecule has 7 nitrogen and oxygen atoms in total. The minimum absolute atomic E-state index is 0.132. The molecule has 2 aromatic heterocycles. The topological polar surface area (TPSA) is 86.3 Å². The normalized spacial score (nSPS) is 14.4. The van der Waals surface area contributed by atoms with Crippen LogP contribution in [0.15, 0.2) is 34.9 Å². The van der Waals surface area contributed by atoms with Crippen molar-refractivity contribution in [2.75, 3.05) is 31.1 Å². The molecule has 0 radical (unpaired) electrons. The van der Waals surface area contributed by atoms with Crippen LogP contribution in [-0.2, 0) is 0 Å².